The molecule has 0 bridgehead atoms. The first-order chi connectivity index (χ1) is 8.52. The third-order valence-corrected chi connectivity index (χ3v) is 3.86. The highest BCUT2D eigenvalue weighted by molar-refractivity contribution is 8.00. The van der Waals surface area contributed by atoms with E-state index in [-0.39, 0.29) is 6.42 Å². The molecule has 0 aromatic carbocycles. The van der Waals surface area contributed by atoms with E-state index >= 15 is 0 Å². The van der Waals surface area contributed by atoms with Crippen LogP contribution in [0.15, 0.2) is 20.9 Å². The maximum Gasteiger partial charge on any atom is 0.309 e. The number of aliphatic carboxylic acids is 1. The molecule has 0 spiro atoms. The van der Waals surface area contributed by atoms with Crippen LogP contribution in [0.25, 0.3) is 0 Å². The van der Waals surface area contributed by atoms with Gasteiger partial charge >= 0.3 is 5.97 Å². The molecule has 0 aliphatic heterocycles. The van der Waals surface area contributed by atoms with Gasteiger partial charge in [0.1, 0.15) is 0 Å². The summed E-state index contributed by atoms with van der Waals surface area (Å²) >= 11 is 2.76. The van der Waals surface area contributed by atoms with Crippen molar-refractivity contribution in [2.75, 3.05) is 0 Å². The van der Waals surface area contributed by atoms with E-state index < -0.39 is 5.97 Å². The second kappa shape index (κ2) is 5.45. The highest BCUT2D eigenvalue weighted by Crippen LogP contribution is 2.28. The Balaban J connectivity index is 2.13. The van der Waals surface area contributed by atoms with E-state index in [9.17, 15) is 4.79 Å². The van der Waals surface area contributed by atoms with E-state index in [4.69, 9.17) is 5.11 Å². The lowest BCUT2D eigenvalue weighted by molar-refractivity contribution is -0.136. The second-order valence-corrected chi connectivity index (χ2v) is 5.78. The van der Waals surface area contributed by atoms with Crippen LogP contribution >= 0.6 is 23.1 Å². The lowest BCUT2D eigenvalue weighted by atomic mass is 10.3. The number of aromatic nitrogens is 3. The van der Waals surface area contributed by atoms with E-state index in [0.717, 1.165) is 15.7 Å². The first kappa shape index (κ1) is 13.0. The molecular weight excluding hydrogens is 270 g/mol. The predicted octanol–water partition coefficient (Wildman–Crippen LogP) is 2.33. The van der Waals surface area contributed by atoms with E-state index in [2.05, 4.69) is 15.0 Å². The molecule has 1 N–H and O–H groups in total. The Labute approximate surface area is 112 Å². The van der Waals surface area contributed by atoms with Crippen molar-refractivity contribution in [3.63, 3.8) is 0 Å². The van der Waals surface area contributed by atoms with Crippen LogP contribution in [0.2, 0.25) is 0 Å². The number of rotatable bonds is 4. The van der Waals surface area contributed by atoms with Gasteiger partial charge in [-0.1, -0.05) is 0 Å². The lowest BCUT2D eigenvalue weighted by Gasteiger charge is -1.99. The third-order valence-electron chi connectivity index (χ3n) is 2.00. The maximum absolute atomic E-state index is 10.6. The number of hydrogen-bond acceptors (Lipinski definition) is 6. The van der Waals surface area contributed by atoms with Crippen molar-refractivity contribution in [1.82, 2.24) is 15.0 Å². The normalized spacial score (nSPS) is 10.6. The van der Waals surface area contributed by atoms with Gasteiger partial charge in [-0.25, -0.2) is 15.0 Å². The molecule has 0 amide bonds. The molecule has 2 aromatic heterocycles. The minimum Gasteiger partial charge on any atom is -0.481 e. The van der Waals surface area contributed by atoms with Gasteiger partial charge in [-0.3, -0.25) is 4.79 Å². The van der Waals surface area contributed by atoms with Crippen molar-refractivity contribution >= 4 is 29.1 Å². The van der Waals surface area contributed by atoms with E-state index in [1.54, 1.807) is 5.38 Å². The van der Waals surface area contributed by atoms with Crippen molar-refractivity contribution in [2.24, 2.45) is 0 Å². The zero-order valence-corrected chi connectivity index (χ0v) is 11.5. The highest BCUT2D eigenvalue weighted by atomic mass is 32.2. The van der Waals surface area contributed by atoms with Crippen molar-refractivity contribution < 1.29 is 9.90 Å². The van der Waals surface area contributed by atoms with Crippen molar-refractivity contribution in [3.05, 3.63) is 28.5 Å². The molecule has 0 atom stereocenters. The van der Waals surface area contributed by atoms with Gasteiger partial charge in [0.15, 0.2) is 9.50 Å². The van der Waals surface area contributed by atoms with E-state index in [1.165, 1.54) is 23.1 Å². The third kappa shape index (κ3) is 3.51. The maximum atomic E-state index is 10.6. The molecule has 94 valence electrons. The Kier molecular flexibility index (Phi) is 3.93. The second-order valence-electron chi connectivity index (χ2n) is 3.71. The summed E-state index contributed by atoms with van der Waals surface area (Å²) < 4.78 is 0.760. The van der Waals surface area contributed by atoms with Gasteiger partial charge in [-0.2, -0.15) is 0 Å². The van der Waals surface area contributed by atoms with Crippen LogP contribution in [0.4, 0.5) is 0 Å². The highest BCUT2D eigenvalue weighted by Gasteiger charge is 2.09. The Morgan fingerprint density at radius 1 is 1.33 bits per heavy atom. The van der Waals surface area contributed by atoms with Crippen molar-refractivity contribution in [3.8, 4) is 0 Å². The van der Waals surface area contributed by atoms with Gasteiger partial charge < -0.3 is 5.11 Å². The zero-order chi connectivity index (χ0) is 13.1. The quantitative estimate of drug-likeness (QED) is 0.867. The fraction of sp³-hybridized carbons (Fsp3) is 0.273. The molecule has 0 saturated carbocycles. The smallest absolute Gasteiger partial charge is 0.309 e. The first-order valence-electron chi connectivity index (χ1n) is 5.19. The number of carbonyl (C=O) groups is 1. The molecule has 0 unspecified atom stereocenters. The summed E-state index contributed by atoms with van der Waals surface area (Å²) in [5.41, 5.74) is 2.39. The van der Waals surface area contributed by atoms with Crippen LogP contribution in [-0.2, 0) is 11.2 Å². The molecule has 2 rings (SSSR count). The molecule has 0 aliphatic rings. The van der Waals surface area contributed by atoms with Crippen LogP contribution in [-0.4, -0.2) is 26.0 Å². The summed E-state index contributed by atoms with van der Waals surface area (Å²) in [4.78, 5) is 23.4. The largest absolute Gasteiger partial charge is 0.481 e. The molecular formula is C11H11N3O2S2. The Morgan fingerprint density at radius 3 is 2.61 bits per heavy atom. The Hall–Kier alpha value is -1.47. The number of thiazole rings is 1. The zero-order valence-electron chi connectivity index (χ0n) is 9.88. The Bertz CT molecular complexity index is 563. The van der Waals surface area contributed by atoms with Crippen LogP contribution in [0.5, 0.6) is 0 Å². The number of carboxylic acid groups (broad SMARTS) is 1. The molecule has 18 heavy (non-hydrogen) atoms. The topological polar surface area (TPSA) is 76.0 Å². The average molecular weight is 281 g/mol. The number of aryl methyl sites for hydroxylation is 2. The van der Waals surface area contributed by atoms with Crippen LogP contribution in [0.3, 0.4) is 0 Å². The van der Waals surface area contributed by atoms with Gasteiger partial charge in [0.05, 0.1) is 12.1 Å². The van der Waals surface area contributed by atoms with Crippen LogP contribution in [0.1, 0.15) is 17.1 Å². The summed E-state index contributed by atoms with van der Waals surface area (Å²) in [6, 6.07) is 1.90. The minimum atomic E-state index is -0.875. The fourth-order valence-electron chi connectivity index (χ4n) is 1.39. The molecule has 0 saturated heterocycles. The molecule has 2 aromatic rings. The first-order valence-corrected chi connectivity index (χ1v) is 6.89. The molecule has 7 heteroatoms. The fourth-order valence-corrected chi connectivity index (χ4v) is 3.19. The van der Waals surface area contributed by atoms with Crippen LogP contribution in [0, 0.1) is 13.8 Å². The summed E-state index contributed by atoms with van der Waals surface area (Å²) in [6.45, 7) is 3.83. The van der Waals surface area contributed by atoms with Gasteiger partial charge in [-0.15, -0.1) is 11.3 Å². The Morgan fingerprint density at radius 2 is 2.00 bits per heavy atom. The van der Waals surface area contributed by atoms with Gasteiger partial charge in [0.25, 0.3) is 0 Å². The van der Waals surface area contributed by atoms with Crippen LogP contribution < -0.4 is 0 Å². The standard InChI is InChI=1S/C11H11N3O2S2/c1-6-3-7(2)13-10(12-6)18-11-14-8(5-17-11)4-9(15)16/h3,5H,4H2,1-2H3,(H,15,16). The summed E-state index contributed by atoms with van der Waals surface area (Å²) in [6.07, 6.45) is -0.0508. The average Bonchev–Trinajstić information content (AvgIpc) is 2.62. The molecule has 5 nitrogen and oxygen atoms in total. The van der Waals surface area contributed by atoms with E-state index in [1.807, 2.05) is 19.9 Å². The summed E-state index contributed by atoms with van der Waals surface area (Å²) in [5, 5.41) is 11.1. The van der Waals surface area contributed by atoms with Crippen molar-refractivity contribution in [2.45, 2.75) is 29.8 Å². The SMILES string of the molecule is Cc1cc(C)nc(Sc2nc(CC(=O)O)cs2)n1. The number of nitrogens with zero attached hydrogens (tertiary/aromatic N) is 3. The minimum absolute atomic E-state index is 0.0508. The summed E-state index contributed by atoms with van der Waals surface area (Å²) in [5.74, 6) is -0.875. The monoisotopic (exact) mass is 281 g/mol. The van der Waals surface area contributed by atoms with E-state index in [0.29, 0.717) is 10.9 Å². The lowest BCUT2D eigenvalue weighted by Crippen LogP contribution is -1.99. The summed E-state index contributed by atoms with van der Waals surface area (Å²) in [7, 11) is 0. The molecule has 2 heterocycles. The van der Waals surface area contributed by atoms with Crippen molar-refractivity contribution in [1.29, 1.82) is 0 Å². The van der Waals surface area contributed by atoms with Gasteiger partial charge in [0.2, 0.25) is 0 Å². The molecule has 0 aliphatic carbocycles. The van der Waals surface area contributed by atoms with Gasteiger partial charge in [-0.05, 0) is 31.7 Å². The number of carboxylic acids is 1. The molecule has 0 radical (unpaired) electrons. The van der Waals surface area contributed by atoms with Gasteiger partial charge in [0, 0.05) is 16.8 Å². The molecule has 0 fully saturated rings. The number of hydrogen-bond donors (Lipinski definition) is 1. The predicted molar refractivity (Wildman–Crippen MR) is 69.1 cm³/mol.